The minimum atomic E-state index is -2.57. The fourth-order valence-electron chi connectivity index (χ4n) is 0.986. The van der Waals surface area contributed by atoms with Gasteiger partial charge in [-0.2, -0.15) is 5.06 Å². The predicted octanol–water partition coefficient (Wildman–Crippen LogP) is -1.96. The van der Waals surface area contributed by atoms with E-state index in [0.29, 0.717) is 0 Å². The third-order valence-corrected chi connectivity index (χ3v) is 1.71. The molecule has 1 rings (SSSR count). The fourth-order valence-corrected chi connectivity index (χ4v) is 0.986. The Labute approximate surface area is 72.5 Å². The van der Waals surface area contributed by atoms with Gasteiger partial charge in [0, 0.05) is 0 Å². The van der Waals surface area contributed by atoms with Gasteiger partial charge in [0.1, 0.15) is 0 Å². The molecule has 1 fully saturated rings. The van der Waals surface area contributed by atoms with Gasteiger partial charge in [-0.3, -0.25) is 14.8 Å². The smallest absolute Gasteiger partial charge is 0.348 e. The van der Waals surface area contributed by atoms with E-state index in [-0.39, 0.29) is 5.06 Å². The first-order chi connectivity index (χ1) is 5.93. The van der Waals surface area contributed by atoms with Crippen molar-refractivity contribution in [2.75, 3.05) is 7.11 Å². The quantitative estimate of drug-likeness (QED) is 0.215. The van der Waals surface area contributed by atoms with Crippen LogP contribution in [0.15, 0.2) is 0 Å². The summed E-state index contributed by atoms with van der Waals surface area (Å²) in [6.45, 7) is 0. The summed E-state index contributed by atoms with van der Waals surface area (Å²) in [5.74, 6) is -3.69. The van der Waals surface area contributed by atoms with Gasteiger partial charge in [0.2, 0.25) is 0 Å². The molecule has 0 saturated carbocycles. The molecular weight excluding hydrogens is 182 g/mol. The molecule has 7 nitrogen and oxygen atoms in total. The van der Waals surface area contributed by atoms with Crippen LogP contribution in [0.3, 0.4) is 0 Å². The summed E-state index contributed by atoms with van der Waals surface area (Å²) in [6, 6.07) is 0. The number of methoxy groups -OCH3 is 1. The zero-order chi connectivity index (χ0) is 10.2. The Morgan fingerprint density at radius 1 is 1.62 bits per heavy atom. The number of hydrogen-bond acceptors (Lipinski definition) is 6. The summed E-state index contributed by atoms with van der Waals surface area (Å²) in [7, 11) is 0.956. The van der Waals surface area contributed by atoms with Crippen molar-refractivity contribution >= 4 is 17.8 Å². The highest BCUT2D eigenvalue weighted by atomic mass is 16.6. The van der Waals surface area contributed by atoms with E-state index in [0.717, 1.165) is 7.11 Å². The average Bonchev–Trinajstić information content (AvgIpc) is 2.30. The zero-order valence-electron chi connectivity index (χ0n) is 6.68. The second-order valence-electron chi connectivity index (χ2n) is 2.54. The topological polar surface area (TPSA) is 104 Å². The number of hydrogen-bond donors (Lipinski definition) is 2. The number of amides is 2. The maximum Gasteiger partial charge on any atom is 0.348 e. The van der Waals surface area contributed by atoms with Gasteiger partial charge in [-0.25, -0.2) is 4.79 Å². The van der Waals surface area contributed by atoms with Crippen molar-refractivity contribution in [3.63, 3.8) is 0 Å². The van der Waals surface area contributed by atoms with Crippen LogP contribution < -0.4 is 0 Å². The van der Waals surface area contributed by atoms with Gasteiger partial charge in [0.05, 0.1) is 13.5 Å². The normalized spacial score (nSPS) is 28.1. The molecule has 7 heteroatoms. The summed E-state index contributed by atoms with van der Waals surface area (Å²) in [6.07, 6.45) is -0.797. The summed E-state index contributed by atoms with van der Waals surface area (Å²) < 4.78 is 4.10. The van der Waals surface area contributed by atoms with Gasteiger partial charge in [-0.05, 0) is 0 Å². The molecule has 0 aliphatic carbocycles. The van der Waals surface area contributed by atoms with E-state index < -0.39 is 29.8 Å². The molecule has 0 aromatic rings. The molecule has 0 aromatic carbocycles. The highest BCUT2D eigenvalue weighted by Crippen LogP contribution is 2.23. The highest BCUT2D eigenvalue weighted by molar-refractivity contribution is 6.17. The van der Waals surface area contributed by atoms with Gasteiger partial charge in [-0.15, -0.1) is 0 Å². The maximum atomic E-state index is 10.9. The molecule has 0 radical (unpaired) electrons. The Morgan fingerprint density at radius 3 is 2.46 bits per heavy atom. The number of esters is 1. The summed E-state index contributed by atoms with van der Waals surface area (Å²) in [5.41, 5.74) is -2.57. The van der Waals surface area contributed by atoms with Crippen LogP contribution in [0.2, 0.25) is 0 Å². The molecule has 1 aliphatic rings. The molecule has 1 saturated heterocycles. The molecule has 1 atom stereocenters. The van der Waals surface area contributed by atoms with Gasteiger partial charge in [-0.1, -0.05) is 0 Å². The first kappa shape index (κ1) is 9.62. The van der Waals surface area contributed by atoms with E-state index in [1.807, 2.05) is 0 Å². The third-order valence-electron chi connectivity index (χ3n) is 1.71. The molecule has 72 valence electrons. The number of ether oxygens (including phenoxy) is 1. The maximum absolute atomic E-state index is 10.9. The lowest BCUT2D eigenvalue weighted by Crippen LogP contribution is -2.46. The van der Waals surface area contributed by atoms with Crippen LogP contribution in [-0.2, 0) is 19.1 Å². The van der Waals surface area contributed by atoms with Crippen molar-refractivity contribution < 1.29 is 29.4 Å². The lowest BCUT2D eigenvalue weighted by atomic mass is 10.0. The van der Waals surface area contributed by atoms with Crippen molar-refractivity contribution in [3.05, 3.63) is 0 Å². The predicted molar refractivity (Wildman–Crippen MR) is 35.2 cm³/mol. The molecule has 0 bridgehead atoms. The molecule has 1 unspecified atom stereocenters. The van der Waals surface area contributed by atoms with Gasteiger partial charge >= 0.3 is 5.97 Å². The minimum absolute atomic E-state index is 0.295. The largest absolute Gasteiger partial charge is 0.466 e. The molecule has 1 heterocycles. The summed E-state index contributed by atoms with van der Waals surface area (Å²) in [5, 5.41) is 17.7. The molecule has 0 spiro atoms. The molecule has 2 amide bonds. The van der Waals surface area contributed by atoms with Crippen LogP contribution in [0.4, 0.5) is 0 Å². The second-order valence-corrected chi connectivity index (χ2v) is 2.54. The van der Waals surface area contributed by atoms with Gasteiger partial charge in [0.15, 0.2) is 0 Å². The van der Waals surface area contributed by atoms with Gasteiger partial charge in [0.25, 0.3) is 17.4 Å². The second kappa shape index (κ2) is 2.79. The van der Waals surface area contributed by atoms with Crippen molar-refractivity contribution in [1.82, 2.24) is 5.06 Å². The molecule has 0 aromatic heterocycles. The van der Waals surface area contributed by atoms with Crippen molar-refractivity contribution in [1.29, 1.82) is 0 Å². The van der Waals surface area contributed by atoms with Crippen LogP contribution in [0.5, 0.6) is 0 Å². The first-order valence-corrected chi connectivity index (χ1v) is 3.30. The summed E-state index contributed by atoms with van der Waals surface area (Å²) >= 11 is 0. The molecule has 1 aliphatic heterocycles. The van der Waals surface area contributed by atoms with Crippen LogP contribution in [-0.4, -0.2) is 45.9 Å². The van der Waals surface area contributed by atoms with E-state index in [9.17, 15) is 19.5 Å². The number of nitrogens with zero attached hydrogens (tertiary/aromatic N) is 1. The SMILES string of the molecule is COC(=O)C1(O)CC(=O)N(O)C1=O. The Balaban J connectivity index is 3.01. The fraction of sp³-hybridized carbons (Fsp3) is 0.500. The molecule has 13 heavy (non-hydrogen) atoms. The minimum Gasteiger partial charge on any atom is -0.466 e. The zero-order valence-corrected chi connectivity index (χ0v) is 6.68. The van der Waals surface area contributed by atoms with Crippen molar-refractivity contribution in [2.45, 2.75) is 12.0 Å². The van der Waals surface area contributed by atoms with E-state index in [1.165, 1.54) is 0 Å². The number of aliphatic hydroxyl groups is 1. The average molecular weight is 189 g/mol. The Hall–Kier alpha value is -1.47. The van der Waals surface area contributed by atoms with Crippen LogP contribution in [0.25, 0.3) is 0 Å². The number of rotatable bonds is 1. The van der Waals surface area contributed by atoms with E-state index in [4.69, 9.17) is 5.21 Å². The van der Waals surface area contributed by atoms with Crippen LogP contribution >= 0.6 is 0 Å². The molecular formula is C6H7NO6. The summed E-state index contributed by atoms with van der Waals surface area (Å²) in [4.78, 5) is 32.5. The van der Waals surface area contributed by atoms with E-state index >= 15 is 0 Å². The van der Waals surface area contributed by atoms with Crippen molar-refractivity contribution in [2.24, 2.45) is 0 Å². The number of hydroxylamine groups is 2. The molecule has 2 N–H and O–H groups in total. The lowest BCUT2D eigenvalue weighted by Gasteiger charge is -2.14. The van der Waals surface area contributed by atoms with Crippen molar-refractivity contribution in [3.8, 4) is 0 Å². The van der Waals surface area contributed by atoms with Crippen LogP contribution in [0, 0.1) is 0 Å². The highest BCUT2D eigenvalue weighted by Gasteiger charge is 2.57. The van der Waals surface area contributed by atoms with E-state index in [2.05, 4.69) is 4.74 Å². The Kier molecular flexibility index (Phi) is 2.06. The third kappa shape index (κ3) is 1.18. The Morgan fingerprint density at radius 2 is 2.15 bits per heavy atom. The first-order valence-electron chi connectivity index (χ1n) is 3.30. The number of imide groups is 1. The van der Waals surface area contributed by atoms with E-state index in [1.54, 1.807) is 0 Å². The standard InChI is InChI=1S/C6H7NO6/c1-13-5(10)6(11)2-3(8)7(12)4(6)9/h11-12H,2H2,1H3. The number of carbonyl (C=O) groups excluding carboxylic acids is 3. The number of carbonyl (C=O) groups is 3. The van der Waals surface area contributed by atoms with Gasteiger partial charge < -0.3 is 9.84 Å². The lowest BCUT2D eigenvalue weighted by molar-refractivity contribution is -0.182. The monoisotopic (exact) mass is 189 g/mol. The van der Waals surface area contributed by atoms with Crippen LogP contribution in [0.1, 0.15) is 6.42 Å². The Bertz CT molecular complexity index is 287.